The van der Waals surface area contributed by atoms with Crippen molar-refractivity contribution >= 4 is 23.6 Å². The van der Waals surface area contributed by atoms with Crippen molar-refractivity contribution in [3.05, 3.63) is 59.2 Å². The van der Waals surface area contributed by atoms with E-state index in [4.69, 9.17) is 9.47 Å². The van der Waals surface area contributed by atoms with Crippen molar-refractivity contribution in [3.63, 3.8) is 0 Å². The Bertz CT molecular complexity index is 1080. The van der Waals surface area contributed by atoms with E-state index in [2.05, 4.69) is 12.2 Å². The minimum atomic E-state index is -1.27. The summed E-state index contributed by atoms with van der Waals surface area (Å²) in [7, 11) is 0. The van der Waals surface area contributed by atoms with Crippen molar-refractivity contribution in [2.75, 3.05) is 25.2 Å². The standard InChI is InChI=1S/C33H47NO5S.Li/c1-4-5-18-38-23-27(20-25-12-7-6-8-13-25)39-22-26-15-16-29(30(21-26)28-14-10-9-11-24(28)2)32(35)34-31(33(36)37)17-19-40-3;/h9-11,14-16,21,25,27,31H,4-8,12-13,17-20,22-23H2,1-3H3,(H,34,35)(H,36,37);/q;+1/p-1/t27-,31-;/m0./s1. The molecule has 0 aliphatic heterocycles. The summed E-state index contributed by atoms with van der Waals surface area (Å²) >= 11 is 1.53. The fourth-order valence-electron chi connectivity index (χ4n) is 5.35. The molecule has 1 saturated carbocycles. The van der Waals surface area contributed by atoms with Gasteiger partial charge >= 0.3 is 18.9 Å². The van der Waals surface area contributed by atoms with E-state index in [-0.39, 0.29) is 25.0 Å². The minimum Gasteiger partial charge on any atom is -0.548 e. The van der Waals surface area contributed by atoms with E-state index in [1.807, 2.05) is 49.6 Å². The number of thioether (sulfide) groups is 1. The Morgan fingerprint density at radius 2 is 1.85 bits per heavy atom. The number of benzene rings is 2. The topological polar surface area (TPSA) is 87.7 Å². The summed E-state index contributed by atoms with van der Waals surface area (Å²) in [6.45, 7) is 5.95. The zero-order chi connectivity index (χ0) is 28.7. The number of unbranched alkanes of at least 4 members (excludes halogenated alkanes) is 1. The van der Waals surface area contributed by atoms with Crippen molar-refractivity contribution in [2.45, 2.75) is 90.4 Å². The Kier molecular flexibility index (Phi) is 16.8. The number of amides is 1. The molecule has 1 aliphatic rings. The van der Waals surface area contributed by atoms with E-state index in [1.165, 1.54) is 43.9 Å². The maximum Gasteiger partial charge on any atom is 1.00 e. The maximum absolute atomic E-state index is 13.3. The first kappa shape index (κ1) is 35.4. The smallest absolute Gasteiger partial charge is 0.548 e. The second-order valence-corrected chi connectivity index (χ2v) is 11.9. The average Bonchev–Trinajstić information content (AvgIpc) is 2.96. The number of ether oxygens (including phenoxy) is 2. The molecule has 1 amide bonds. The number of hydrogen-bond acceptors (Lipinski definition) is 6. The van der Waals surface area contributed by atoms with Crippen LogP contribution in [0.15, 0.2) is 42.5 Å². The van der Waals surface area contributed by atoms with Crippen molar-refractivity contribution < 1.29 is 43.0 Å². The summed E-state index contributed by atoms with van der Waals surface area (Å²) in [5, 5.41) is 14.4. The summed E-state index contributed by atoms with van der Waals surface area (Å²) in [6.07, 6.45) is 11.9. The third-order valence-corrected chi connectivity index (χ3v) is 8.36. The third kappa shape index (κ3) is 11.8. The number of carbonyl (C=O) groups excluding carboxylic acids is 2. The number of carboxylic acids is 1. The molecular weight excluding hydrogens is 529 g/mol. The average molecular weight is 576 g/mol. The van der Waals surface area contributed by atoms with Crippen LogP contribution in [0.25, 0.3) is 11.1 Å². The summed E-state index contributed by atoms with van der Waals surface area (Å²) in [5.41, 5.74) is 4.14. The van der Waals surface area contributed by atoms with Crippen molar-refractivity contribution in [2.24, 2.45) is 5.92 Å². The number of carbonyl (C=O) groups is 2. The van der Waals surface area contributed by atoms with E-state index < -0.39 is 17.9 Å². The molecule has 8 heteroatoms. The third-order valence-electron chi connectivity index (χ3n) is 7.72. The zero-order valence-corrected chi connectivity index (χ0v) is 26.2. The quantitative estimate of drug-likeness (QED) is 0.231. The number of carboxylic acid groups (broad SMARTS) is 1. The van der Waals surface area contributed by atoms with Gasteiger partial charge in [-0.1, -0.05) is 75.8 Å². The number of aryl methyl sites for hydroxylation is 1. The van der Waals surface area contributed by atoms with Gasteiger partial charge in [-0.05, 0) is 78.5 Å². The van der Waals surface area contributed by atoms with Gasteiger partial charge < -0.3 is 24.7 Å². The van der Waals surface area contributed by atoms with Crippen LogP contribution in [0.3, 0.4) is 0 Å². The molecule has 1 aliphatic carbocycles. The van der Waals surface area contributed by atoms with Crippen LogP contribution in [0.5, 0.6) is 0 Å². The molecule has 0 bridgehead atoms. The van der Waals surface area contributed by atoms with Crippen LogP contribution in [-0.2, 0) is 20.9 Å². The molecule has 2 atom stereocenters. The van der Waals surface area contributed by atoms with Gasteiger partial charge in [0.25, 0.3) is 5.91 Å². The fraction of sp³-hybridized carbons (Fsp3) is 0.576. The van der Waals surface area contributed by atoms with Gasteiger partial charge in [0, 0.05) is 12.2 Å². The number of nitrogens with one attached hydrogen (secondary N) is 1. The van der Waals surface area contributed by atoms with Crippen LogP contribution in [0.2, 0.25) is 0 Å². The molecular formula is C33H46LiNO5S. The number of rotatable bonds is 17. The van der Waals surface area contributed by atoms with Crippen LogP contribution in [0, 0.1) is 12.8 Å². The van der Waals surface area contributed by atoms with Gasteiger partial charge in [-0.3, -0.25) is 4.79 Å². The summed E-state index contributed by atoms with van der Waals surface area (Å²) in [4.78, 5) is 25.0. The fourth-order valence-corrected chi connectivity index (χ4v) is 5.82. The maximum atomic E-state index is 13.3. The minimum absolute atomic E-state index is 0. The van der Waals surface area contributed by atoms with Gasteiger partial charge in [0.05, 0.1) is 31.3 Å². The molecule has 1 fully saturated rings. The largest absolute Gasteiger partial charge is 1.00 e. The molecule has 3 rings (SSSR count). The van der Waals surface area contributed by atoms with Crippen molar-refractivity contribution in [1.82, 2.24) is 5.32 Å². The Hall–Kier alpha value is -1.75. The summed E-state index contributed by atoms with van der Waals surface area (Å²) in [6, 6.07) is 12.6. The summed E-state index contributed by atoms with van der Waals surface area (Å²) in [5.74, 6) is -0.384. The number of hydrogen-bond donors (Lipinski definition) is 1. The van der Waals surface area contributed by atoms with Gasteiger partial charge in [0.1, 0.15) is 0 Å². The van der Waals surface area contributed by atoms with Gasteiger partial charge in [-0.2, -0.15) is 11.8 Å². The first-order chi connectivity index (χ1) is 19.4. The number of aliphatic carboxylic acids is 1. The molecule has 0 radical (unpaired) electrons. The molecule has 220 valence electrons. The van der Waals surface area contributed by atoms with Gasteiger partial charge in [-0.15, -0.1) is 0 Å². The molecule has 2 aromatic carbocycles. The van der Waals surface area contributed by atoms with Crippen molar-refractivity contribution in [3.8, 4) is 11.1 Å². The van der Waals surface area contributed by atoms with Crippen LogP contribution in [-0.4, -0.2) is 49.2 Å². The van der Waals surface area contributed by atoms with Crippen LogP contribution < -0.4 is 29.3 Å². The molecule has 0 saturated heterocycles. The molecule has 0 spiro atoms. The Labute approximate surface area is 262 Å². The Morgan fingerprint density at radius 1 is 1.10 bits per heavy atom. The predicted octanol–water partition coefficient (Wildman–Crippen LogP) is 2.94. The predicted molar refractivity (Wildman–Crippen MR) is 161 cm³/mol. The van der Waals surface area contributed by atoms with Crippen molar-refractivity contribution in [1.29, 1.82) is 0 Å². The molecule has 6 nitrogen and oxygen atoms in total. The van der Waals surface area contributed by atoms with E-state index in [0.717, 1.165) is 48.1 Å². The molecule has 0 heterocycles. The SMILES string of the molecule is CCCCOC[C@H](CC1CCCCC1)OCc1ccc(C(=O)N[C@@H](CCSC)C(=O)[O-])c(-c2ccccc2C)c1.[Li+]. The molecule has 0 aromatic heterocycles. The Morgan fingerprint density at radius 3 is 2.54 bits per heavy atom. The molecule has 1 N–H and O–H groups in total. The van der Waals surface area contributed by atoms with Gasteiger partial charge in [0.2, 0.25) is 0 Å². The monoisotopic (exact) mass is 575 g/mol. The van der Waals surface area contributed by atoms with E-state index >= 15 is 0 Å². The second kappa shape index (κ2) is 19.4. The van der Waals surface area contributed by atoms with Crippen LogP contribution >= 0.6 is 11.8 Å². The first-order valence-electron chi connectivity index (χ1n) is 14.8. The molecule has 0 unspecified atom stereocenters. The van der Waals surface area contributed by atoms with Gasteiger partial charge in [0.15, 0.2) is 0 Å². The first-order valence-corrected chi connectivity index (χ1v) is 16.2. The van der Waals surface area contributed by atoms with Gasteiger partial charge in [-0.25, -0.2) is 0 Å². The Balaban J connectivity index is 0.00000588. The van der Waals surface area contributed by atoms with Crippen LogP contribution in [0.1, 0.15) is 86.2 Å². The van der Waals surface area contributed by atoms with Crippen LogP contribution in [0.4, 0.5) is 0 Å². The molecule has 41 heavy (non-hydrogen) atoms. The second-order valence-electron chi connectivity index (χ2n) is 10.9. The van der Waals surface area contributed by atoms with E-state index in [1.54, 1.807) is 6.07 Å². The molecule has 2 aromatic rings. The zero-order valence-electron chi connectivity index (χ0n) is 25.4. The van der Waals surface area contributed by atoms with E-state index in [9.17, 15) is 14.7 Å². The summed E-state index contributed by atoms with van der Waals surface area (Å²) < 4.78 is 12.4. The normalized spacial score (nSPS) is 15.1. The van der Waals surface area contributed by atoms with E-state index in [0.29, 0.717) is 36.9 Å².